The van der Waals surface area contributed by atoms with Gasteiger partial charge in [0.05, 0.1) is 0 Å². The van der Waals surface area contributed by atoms with E-state index in [0.29, 0.717) is 11.4 Å². The van der Waals surface area contributed by atoms with Crippen molar-refractivity contribution in [2.75, 3.05) is 10.6 Å². The lowest BCUT2D eigenvalue weighted by molar-refractivity contribution is -0.137. The number of aromatic nitrogens is 2. The molecule has 3 rings (SSSR count). The van der Waals surface area contributed by atoms with Crippen molar-refractivity contribution >= 4 is 23.1 Å². The zero-order chi connectivity index (χ0) is 20.9. The number of hydrogen-bond acceptors (Lipinski definition) is 4. The second-order valence-corrected chi connectivity index (χ2v) is 6.87. The average molecular weight is 400 g/mol. The molecule has 0 aliphatic heterocycles. The van der Waals surface area contributed by atoms with Crippen LogP contribution in [0.25, 0.3) is 0 Å². The van der Waals surface area contributed by atoms with Gasteiger partial charge in [0.25, 0.3) is 0 Å². The maximum atomic E-state index is 13.5. The number of halogens is 3. The molecule has 0 aliphatic rings. The highest BCUT2D eigenvalue weighted by Crippen LogP contribution is 2.35. The number of alkyl halides is 3. The highest BCUT2D eigenvalue weighted by atomic mass is 19.4. The summed E-state index contributed by atoms with van der Waals surface area (Å²) in [5, 5.41) is 5.77. The predicted octanol–water partition coefficient (Wildman–Crippen LogP) is 6.63. The molecule has 0 saturated carbocycles. The van der Waals surface area contributed by atoms with Gasteiger partial charge in [-0.1, -0.05) is 43.2 Å². The summed E-state index contributed by atoms with van der Waals surface area (Å²) in [5.41, 5.74) is 2.49. The molecule has 3 aromatic rings. The molecule has 4 nitrogen and oxygen atoms in total. The van der Waals surface area contributed by atoms with Gasteiger partial charge in [-0.2, -0.15) is 18.2 Å². The van der Waals surface area contributed by atoms with Crippen LogP contribution in [0.15, 0.2) is 54.7 Å². The van der Waals surface area contributed by atoms with Crippen molar-refractivity contribution in [3.05, 3.63) is 71.4 Å². The zero-order valence-corrected chi connectivity index (χ0v) is 16.3. The van der Waals surface area contributed by atoms with Crippen LogP contribution >= 0.6 is 0 Å². The van der Waals surface area contributed by atoms with E-state index < -0.39 is 11.7 Å². The number of hydrogen-bond donors (Lipinski definition) is 2. The van der Waals surface area contributed by atoms with Crippen molar-refractivity contribution in [2.24, 2.45) is 0 Å². The minimum atomic E-state index is -4.56. The van der Waals surface area contributed by atoms with E-state index >= 15 is 0 Å². The van der Waals surface area contributed by atoms with Crippen molar-refractivity contribution in [3.8, 4) is 0 Å². The SMILES string of the molecule is CCCCc1cccc(Nc2nc(Nc3ccc(C)cc3)ncc2C(F)(F)F)c1. The fraction of sp³-hybridized carbons (Fsp3) is 0.273. The Labute approximate surface area is 168 Å². The summed E-state index contributed by atoms with van der Waals surface area (Å²) in [4.78, 5) is 7.93. The van der Waals surface area contributed by atoms with Gasteiger partial charge in [-0.05, 0) is 49.6 Å². The van der Waals surface area contributed by atoms with E-state index in [9.17, 15) is 13.2 Å². The fourth-order valence-corrected chi connectivity index (χ4v) is 2.83. The first kappa shape index (κ1) is 20.6. The number of benzene rings is 2. The monoisotopic (exact) mass is 400 g/mol. The first-order valence-corrected chi connectivity index (χ1v) is 9.49. The Morgan fingerprint density at radius 3 is 2.41 bits per heavy atom. The first-order chi connectivity index (χ1) is 13.8. The van der Waals surface area contributed by atoms with E-state index in [1.807, 2.05) is 49.4 Å². The van der Waals surface area contributed by atoms with Crippen LogP contribution in [0.4, 0.5) is 36.3 Å². The van der Waals surface area contributed by atoms with Gasteiger partial charge in [0, 0.05) is 17.6 Å². The van der Waals surface area contributed by atoms with E-state index in [1.54, 1.807) is 6.07 Å². The number of aryl methyl sites for hydroxylation is 2. The van der Waals surface area contributed by atoms with Crippen molar-refractivity contribution in [3.63, 3.8) is 0 Å². The molecule has 1 aromatic heterocycles. The molecule has 0 fully saturated rings. The van der Waals surface area contributed by atoms with E-state index in [1.165, 1.54) is 0 Å². The Hall–Kier alpha value is -3.09. The minimum Gasteiger partial charge on any atom is -0.340 e. The highest BCUT2D eigenvalue weighted by Gasteiger charge is 2.35. The van der Waals surface area contributed by atoms with Crippen LogP contribution in [0, 0.1) is 6.92 Å². The van der Waals surface area contributed by atoms with Crippen LogP contribution in [0.2, 0.25) is 0 Å². The van der Waals surface area contributed by atoms with Crippen LogP contribution in [0.1, 0.15) is 36.5 Å². The number of nitrogens with zero attached hydrogens (tertiary/aromatic N) is 2. The normalized spacial score (nSPS) is 11.3. The second kappa shape index (κ2) is 8.94. The van der Waals surface area contributed by atoms with Crippen molar-refractivity contribution in [1.82, 2.24) is 9.97 Å². The van der Waals surface area contributed by atoms with Crippen molar-refractivity contribution in [1.29, 1.82) is 0 Å². The molecule has 2 aromatic carbocycles. The zero-order valence-electron chi connectivity index (χ0n) is 16.3. The van der Waals surface area contributed by atoms with Gasteiger partial charge in [-0.25, -0.2) is 4.98 Å². The lowest BCUT2D eigenvalue weighted by Crippen LogP contribution is -2.12. The predicted molar refractivity (Wildman–Crippen MR) is 110 cm³/mol. The first-order valence-electron chi connectivity index (χ1n) is 9.49. The summed E-state index contributed by atoms with van der Waals surface area (Å²) in [7, 11) is 0. The molecule has 0 amide bonds. The third-order valence-electron chi connectivity index (χ3n) is 4.41. The summed E-state index contributed by atoms with van der Waals surface area (Å²) in [5.74, 6) is -0.193. The van der Waals surface area contributed by atoms with Gasteiger partial charge in [-0.3, -0.25) is 0 Å². The molecular formula is C22H23F3N4. The lowest BCUT2D eigenvalue weighted by Gasteiger charge is -2.15. The molecule has 0 radical (unpaired) electrons. The third-order valence-corrected chi connectivity index (χ3v) is 4.41. The number of unbranched alkanes of at least 4 members (excludes halogenated alkanes) is 1. The van der Waals surface area contributed by atoms with Gasteiger partial charge in [0.15, 0.2) is 0 Å². The summed E-state index contributed by atoms with van der Waals surface area (Å²) >= 11 is 0. The maximum absolute atomic E-state index is 13.5. The number of rotatable bonds is 7. The van der Waals surface area contributed by atoms with E-state index in [2.05, 4.69) is 27.5 Å². The average Bonchev–Trinajstić information content (AvgIpc) is 2.68. The maximum Gasteiger partial charge on any atom is 0.421 e. The molecule has 1 heterocycles. The molecule has 0 spiro atoms. The van der Waals surface area contributed by atoms with E-state index in [0.717, 1.165) is 36.6 Å². The third kappa shape index (κ3) is 5.70. The largest absolute Gasteiger partial charge is 0.421 e. The molecule has 7 heteroatoms. The molecule has 29 heavy (non-hydrogen) atoms. The van der Waals surface area contributed by atoms with Gasteiger partial charge in [0.1, 0.15) is 11.4 Å². The molecule has 2 N–H and O–H groups in total. The summed E-state index contributed by atoms with van der Waals surface area (Å²) < 4.78 is 40.4. The highest BCUT2D eigenvalue weighted by molar-refractivity contribution is 5.63. The number of anilines is 4. The Morgan fingerprint density at radius 2 is 1.72 bits per heavy atom. The van der Waals surface area contributed by atoms with Crippen LogP contribution in [0.5, 0.6) is 0 Å². The van der Waals surface area contributed by atoms with Crippen LogP contribution < -0.4 is 10.6 Å². The van der Waals surface area contributed by atoms with Crippen LogP contribution in [-0.2, 0) is 12.6 Å². The number of nitrogens with one attached hydrogen (secondary N) is 2. The summed E-state index contributed by atoms with van der Waals surface area (Å²) in [6.07, 6.45) is -0.815. The lowest BCUT2D eigenvalue weighted by atomic mass is 10.1. The van der Waals surface area contributed by atoms with Gasteiger partial charge in [0.2, 0.25) is 5.95 Å². The molecule has 0 atom stereocenters. The topological polar surface area (TPSA) is 49.8 Å². The van der Waals surface area contributed by atoms with Crippen LogP contribution in [-0.4, -0.2) is 9.97 Å². The Kier molecular flexibility index (Phi) is 6.36. The fourth-order valence-electron chi connectivity index (χ4n) is 2.83. The molecule has 0 saturated heterocycles. The molecule has 0 aliphatic carbocycles. The van der Waals surface area contributed by atoms with Crippen molar-refractivity contribution in [2.45, 2.75) is 39.3 Å². The quantitative estimate of drug-likeness (QED) is 0.467. The van der Waals surface area contributed by atoms with E-state index in [4.69, 9.17) is 0 Å². The van der Waals surface area contributed by atoms with Gasteiger partial charge >= 0.3 is 6.18 Å². The molecule has 0 bridgehead atoms. The second-order valence-electron chi connectivity index (χ2n) is 6.87. The summed E-state index contributed by atoms with van der Waals surface area (Å²) in [6.45, 7) is 4.05. The Bertz CT molecular complexity index is 953. The smallest absolute Gasteiger partial charge is 0.340 e. The van der Waals surface area contributed by atoms with Crippen LogP contribution in [0.3, 0.4) is 0 Å². The Balaban J connectivity index is 1.89. The molecule has 0 unspecified atom stereocenters. The molecule has 152 valence electrons. The van der Waals surface area contributed by atoms with Gasteiger partial charge in [-0.15, -0.1) is 0 Å². The summed E-state index contributed by atoms with van der Waals surface area (Å²) in [6, 6.07) is 14.8. The van der Waals surface area contributed by atoms with Gasteiger partial charge < -0.3 is 10.6 Å². The Morgan fingerprint density at radius 1 is 0.966 bits per heavy atom. The standard InChI is InChI=1S/C22H23F3N4/c1-3-4-6-16-7-5-8-18(13-16)27-20-19(22(23,24)25)14-26-21(29-20)28-17-11-9-15(2)10-12-17/h5,7-14H,3-4,6H2,1-2H3,(H2,26,27,28,29). The molecular weight excluding hydrogens is 377 g/mol. The minimum absolute atomic E-state index is 0.0893. The van der Waals surface area contributed by atoms with E-state index in [-0.39, 0.29) is 11.8 Å². The van der Waals surface area contributed by atoms with Crippen molar-refractivity contribution < 1.29 is 13.2 Å².